The Hall–Kier alpha value is -2.19. The number of hydrogen-bond donors (Lipinski definition) is 2. The fourth-order valence-corrected chi connectivity index (χ4v) is 3.29. The topological polar surface area (TPSA) is 99.1 Å². The van der Waals surface area contributed by atoms with E-state index in [1.165, 1.54) is 23.0 Å². The number of rotatable bonds is 3. The molecule has 1 aromatic heterocycles. The number of sulfonamides is 1. The van der Waals surface area contributed by atoms with Gasteiger partial charge < -0.3 is 9.87 Å². The molecule has 0 fully saturated rings. The lowest BCUT2D eigenvalue weighted by atomic mass is 10.1. The Balaban J connectivity index is 1.92. The Morgan fingerprint density at radius 3 is 2.95 bits per heavy atom. The standard InChI is InChI=1S/C12H12N4O3S/c1-16-11(4-5-14-16)20(18,19)15-9-3-2-8-7-13-12(17)10(8)6-9/h2-6H,7H2,1H3,(H2-,13,15,17,18,19). The maximum atomic E-state index is 12.2. The van der Waals surface area contributed by atoms with E-state index in [-0.39, 0.29) is 10.9 Å². The highest BCUT2D eigenvalue weighted by Crippen LogP contribution is 2.24. The van der Waals surface area contributed by atoms with E-state index in [2.05, 4.69) is 15.1 Å². The summed E-state index contributed by atoms with van der Waals surface area (Å²) in [5.74, 6) is -0.193. The SMILES string of the molecule is Cn1nccc1[S+](=O)([O-])Nc1ccc2c(c1)C(=O)NC2. The molecule has 2 heterocycles. The Kier molecular flexibility index (Phi) is 2.84. The van der Waals surface area contributed by atoms with E-state index < -0.39 is 10.4 Å². The van der Waals surface area contributed by atoms with Crippen LogP contribution in [0.15, 0.2) is 35.5 Å². The number of hydrogen-bond acceptors (Lipinski definition) is 4. The van der Waals surface area contributed by atoms with Crippen LogP contribution in [0.3, 0.4) is 0 Å². The third kappa shape index (κ3) is 2.08. The number of benzene rings is 1. The minimum absolute atomic E-state index is 0.0578. The van der Waals surface area contributed by atoms with Gasteiger partial charge in [-0.25, -0.2) is 9.40 Å². The molecule has 0 radical (unpaired) electrons. The number of anilines is 1. The van der Waals surface area contributed by atoms with Crippen molar-refractivity contribution in [3.8, 4) is 0 Å². The number of aryl methyl sites for hydroxylation is 1. The summed E-state index contributed by atoms with van der Waals surface area (Å²) in [5, 5.41) is 6.57. The summed E-state index contributed by atoms with van der Waals surface area (Å²) in [5.41, 5.74) is 1.70. The van der Waals surface area contributed by atoms with Crippen molar-refractivity contribution < 1.29 is 13.6 Å². The van der Waals surface area contributed by atoms with Gasteiger partial charge in [-0.15, -0.1) is 0 Å². The molecule has 7 nitrogen and oxygen atoms in total. The third-order valence-corrected chi connectivity index (χ3v) is 4.55. The number of nitrogens with one attached hydrogen (secondary N) is 2. The van der Waals surface area contributed by atoms with E-state index in [9.17, 15) is 13.6 Å². The van der Waals surface area contributed by atoms with Gasteiger partial charge in [-0.3, -0.25) is 4.79 Å². The Bertz CT molecular complexity index is 740. The summed E-state index contributed by atoms with van der Waals surface area (Å²) < 4.78 is 28.1. The summed E-state index contributed by atoms with van der Waals surface area (Å²) in [6.07, 6.45) is 1.41. The molecule has 2 N–H and O–H groups in total. The average Bonchev–Trinajstić information content (AvgIpc) is 2.97. The van der Waals surface area contributed by atoms with Gasteiger partial charge in [0.25, 0.3) is 10.9 Å². The minimum atomic E-state index is -3.72. The highest BCUT2D eigenvalue weighted by Gasteiger charge is 2.26. The number of carbonyl (C=O) groups excluding carboxylic acids is 1. The molecule has 0 spiro atoms. The van der Waals surface area contributed by atoms with Crippen molar-refractivity contribution in [2.24, 2.45) is 7.05 Å². The van der Waals surface area contributed by atoms with Crippen molar-refractivity contribution in [1.29, 1.82) is 0 Å². The lowest BCUT2D eigenvalue weighted by Gasteiger charge is -2.15. The predicted molar refractivity (Wildman–Crippen MR) is 71.5 cm³/mol. The zero-order chi connectivity index (χ0) is 14.3. The number of fused-ring (bicyclic) bond motifs is 1. The summed E-state index contributed by atoms with van der Waals surface area (Å²) in [6.45, 7) is 0.475. The van der Waals surface area contributed by atoms with Gasteiger partial charge in [-0.05, 0) is 17.7 Å². The van der Waals surface area contributed by atoms with Crippen LogP contribution in [0, 0.1) is 0 Å². The molecule has 1 aliphatic heterocycles. The van der Waals surface area contributed by atoms with Gasteiger partial charge in [0, 0.05) is 25.2 Å². The highest BCUT2D eigenvalue weighted by molar-refractivity contribution is 7.98. The van der Waals surface area contributed by atoms with Crippen molar-refractivity contribution in [1.82, 2.24) is 15.1 Å². The first-order valence-corrected chi connectivity index (χ1v) is 7.38. The molecule has 1 amide bonds. The van der Waals surface area contributed by atoms with Gasteiger partial charge in [0.05, 0.1) is 11.9 Å². The molecule has 3 rings (SSSR count). The number of amides is 1. The van der Waals surface area contributed by atoms with Crippen molar-refractivity contribution in [2.75, 3.05) is 4.72 Å². The largest absolute Gasteiger partial charge is 0.587 e. The second-order valence-corrected chi connectivity index (χ2v) is 6.08. The fourth-order valence-electron chi connectivity index (χ4n) is 2.11. The minimum Gasteiger partial charge on any atom is -0.587 e. The summed E-state index contributed by atoms with van der Waals surface area (Å²) in [4.78, 5) is 11.6. The second-order valence-electron chi connectivity index (χ2n) is 4.45. The molecule has 20 heavy (non-hydrogen) atoms. The van der Waals surface area contributed by atoms with Gasteiger partial charge in [-0.2, -0.15) is 5.10 Å². The zero-order valence-corrected chi connectivity index (χ0v) is 11.4. The first kappa shape index (κ1) is 12.8. The molecule has 1 aliphatic rings. The average molecular weight is 292 g/mol. The lowest BCUT2D eigenvalue weighted by Crippen LogP contribution is -2.24. The summed E-state index contributed by atoms with van der Waals surface area (Å²) in [6, 6.07) is 6.30. The van der Waals surface area contributed by atoms with Crippen molar-refractivity contribution in [2.45, 2.75) is 11.6 Å². The molecule has 104 valence electrons. The molecule has 0 bridgehead atoms. The monoisotopic (exact) mass is 292 g/mol. The van der Waals surface area contributed by atoms with E-state index in [4.69, 9.17) is 0 Å². The van der Waals surface area contributed by atoms with E-state index in [1.54, 1.807) is 19.2 Å². The number of aromatic nitrogens is 2. The molecular formula is C12H12N4O3S. The van der Waals surface area contributed by atoms with E-state index in [0.29, 0.717) is 17.8 Å². The van der Waals surface area contributed by atoms with Crippen LogP contribution in [-0.2, 0) is 28.2 Å². The lowest BCUT2D eigenvalue weighted by molar-refractivity contribution is 0.0965. The maximum Gasteiger partial charge on any atom is 0.270 e. The third-order valence-electron chi connectivity index (χ3n) is 3.10. The van der Waals surface area contributed by atoms with Crippen LogP contribution in [0.1, 0.15) is 15.9 Å². The van der Waals surface area contributed by atoms with E-state index >= 15 is 0 Å². The number of carbonyl (C=O) groups is 1. The second kappa shape index (κ2) is 4.43. The van der Waals surface area contributed by atoms with Crippen LogP contribution in [0.2, 0.25) is 0 Å². The summed E-state index contributed by atoms with van der Waals surface area (Å²) >= 11 is 0. The molecule has 1 aromatic carbocycles. The van der Waals surface area contributed by atoms with Gasteiger partial charge in [0.15, 0.2) is 10.4 Å². The van der Waals surface area contributed by atoms with Crippen molar-refractivity contribution in [3.05, 3.63) is 41.6 Å². The first-order chi connectivity index (χ1) is 9.47. The van der Waals surface area contributed by atoms with E-state index in [1.807, 2.05) is 0 Å². The van der Waals surface area contributed by atoms with E-state index in [0.717, 1.165) is 5.56 Å². The summed E-state index contributed by atoms with van der Waals surface area (Å²) in [7, 11) is -2.17. The van der Waals surface area contributed by atoms with Gasteiger partial charge >= 0.3 is 0 Å². The van der Waals surface area contributed by atoms with Gasteiger partial charge in [-0.1, -0.05) is 10.3 Å². The van der Waals surface area contributed by atoms with Crippen LogP contribution in [0.5, 0.6) is 0 Å². The maximum absolute atomic E-state index is 12.2. The quantitative estimate of drug-likeness (QED) is 0.812. The van der Waals surface area contributed by atoms with Crippen LogP contribution in [0.25, 0.3) is 0 Å². The molecule has 1 unspecified atom stereocenters. The normalized spacial score (nSPS) is 16.4. The molecule has 8 heteroatoms. The molecular weight excluding hydrogens is 280 g/mol. The van der Waals surface area contributed by atoms with Gasteiger partial charge in [0.2, 0.25) is 0 Å². The molecule has 1 atom stereocenters. The Morgan fingerprint density at radius 2 is 2.25 bits per heavy atom. The number of nitrogens with zero attached hydrogens (tertiary/aromatic N) is 2. The molecule has 0 saturated carbocycles. The van der Waals surface area contributed by atoms with Gasteiger partial charge in [0.1, 0.15) is 0 Å². The van der Waals surface area contributed by atoms with Crippen molar-refractivity contribution >= 4 is 22.0 Å². The fraction of sp³-hybridized carbons (Fsp3) is 0.167. The van der Waals surface area contributed by atoms with Crippen molar-refractivity contribution in [3.63, 3.8) is 0 Å². The van der Waals surface area contributed by atoms with Crippen LogP contribution >= 0.6 is 0 Å². The highest BCUT2D eigenvalue weighted by atomic mass is 32.3. The molecule has 0 aliphatic carbocycles. The molecule has 2 aromatic rings. The zero-order valence-electron chi connectivity index (χ0n) is 10.6. The predicted octanol–water partition coefficient (Wildman–Crippen LogP) is 0.679. The van der Waals surface area contributed by atoms with Crippen LogP contribution in [0.4, 0.5) is 5.69 Å². The smallest absolute Gasteiger partial charge is 0.270 e. The van der Waals surface area contributed by atoms with Crippen LogP contribution < -0.4 is 10.0 Å². The Morgan fingerprint density at radius 1 is 1.45 bits per heavy atom. The Labute approximate surface area is 116 Å². The molecule has 0 saturated heterocycles. The first-order valence-electron chi connectivity index (χ1n) is 5.89. The van der Waals surface area contributed by atoms with Crippen LogP contribution in [-0.4, -0.2) is 20.2 Å².